The minimum Gasteiger partial charge on any atom is -0.744 e. The molecule has 0 fully saturated rings. The van der Waals surface area contributed by atoms with Crippen LogP contribution in [0.15, 0.2) is 112 Å². The molecule has 0 bridgehead atoms. The van der Waals surface area contributed by atoms with Crippen LogP contribution in [0.3, 0.4) is 0 Å². The number of ether oxygens (including phenoxy) is 1. The predicted octanol–water partition coefficient (Wildman–Crippen LogP) is 7.12. The molecule has 9 rings (SSSR count). The van der Waals surface area contributed by atoms with Crippen LogP contribution in [0.4, 0.5) is 17.1 Å². The summed E-state index contributed by atoms with van der Waals surface area (Å²) in [6.45, 7) is 2.16. The number of hydrogen-bond acceptors (Lipinski definition) is 7. The number of fused-ring (bicyclic) bond motifs is 7. The molecule has 248 valence electrons. The molecule has 0 spiro atoms. The SMILES string of the molecule is CN(C)c1ccc(N=Nc2ccc3c4c(ccc3c2)C(c2ccccc2S(=O)(=O)[O-])=c2ccc3c5c6c(cc3c2O4)CCC[N+]=6CCC5)cc1. The maximum Gasteiger partial charge on any atom is 0.206 e. The highest BCUT2D eigenvalue weighted by atomic mass is 32.2. The average molecular weight is 679 g/mol. The van der Waals surface area contributed by atoms with Gasteiger partial charge in [0.25, 0.3) is 0 Å². The zero-order valence-corrected chi connectivity index (χ0v) is 28.6. The summed E-state index contributed by atoms with van der Waals surface area (Å²) in [4.78, 5) is 1.78. The average Bonchev–Trinajstić information content (AvgIpc) is 3.13. The van der Waals surface area contributed by atoms with E-state index < -0.39 is 10.1 Å². The Hall–Kier alpha value is -5.38. The minimum atomic E-state index is -4.78. The zero-order valence-electron chi connectivity index (χ0n) is 27.8. The van der Waals surface area contributed by atoms with Crippen molar-refractivity contribution >= 4 is 54.3 Å². The Morgan fingerprint density at radius 3 is 2.28 bits per heavy atom. The summed E-state index contributed by atoms with van der Waals surface area (Å²) >= 11 is 0. The van der Waals surface area contributed by atoms with E-state index >= 15 is 0 Å². The summed E-state index contributed by atoms with van der Waals surface area (Å²) < 4.78 is 47.5. The fraction of sp³-hybridized carbons (Fsp3) is 0.195. The lowest BCUT2D eigenvalue weighted by atomic mass is 9.87. The van der Waals surface area contributed by atoms with Gasteiger partial charge in [0, 0.05) is 76.4 Å². The van der Waals surface area contributed by atoms with Crippen molar-refractivity contribution in [3.63, 3.8) is 0 Å². The molecule has 0 N–H and O–H groups in total. The van der Waals surface area contributed by atoms with Crippen molar-refractivity contribution < 1.29 is 17.7 Å². The first-order valence-electron chi connectivity index (χ1n) is 17.0. The molecule has 0 amide bonds. The van der Waals surface area contributed by atoms with E-state index in [2.05, 4.69) is 26.9 Å². The molecule has 0 radical (unpaired) electrons. The standard InChI is InChI=1S/C41H34N4O4S/c1-44(2)29-15-12-27(13-16-29)42-43-28-14-18-30-25(23-28)11-17-34-38(33-8-3-4-10-37(33)50(46,47)48)35-20-19-31-32-9-6-22-45-21-5-7-26(39(32)45)24-36(31)41(35)49-40(30)34/h3-4,8,10-20,23-24H,5-7,9,21-22H2,1-2H3. The van der Waals surface area contributed by atoms with E-state index in [9.17, 15) is 13.0 Å². The third-order valence-electron chi connectivity index (χ3n) is 10.2. The Kier molecular flexibility index (Phi) is 7.12. The molecule has 3 heterocycles. The fourth-order valence-electron chi connectivity index (χ4n) is 7.98. The number of aryl methyl sites for hydroxylation is 2. The molecule has 0 saturated heterocycles. The van der Waals surface area contributed by atoms with Crippen LogP contribution >= 0.6 is 0 Å². The van der Waals surface area contributed by atoms with Gasteiger partial charge in [-0.25, -0.2) is 13.0 Å². The number of azo groups is 1. The van der Waals surface area contributed by atoms with Gasteiger partial charge in [0.2, 0.25) is 5.36 Å². The van der Waals surface area contributed by atoms with E-state index in [-0.39, 0.29) is 4.90 Å². The van der Waals surface area contributed by atoms with Crippen LogP contribution in [0.5, 0.6) is 11.5 Å². The van der Waals surface area contributed by atoms with Gasteiger partial charge in [-0.1, -0.05) is 30.3 Å². The van der Waals surface area contributed by atoms with Crippen LogP contribution in [0.25, 0.3) is 27.1 Å². The number of rotatable bonds is 5. The van der Waals surface area contributed by atoms with E-state index in [0.29, 0.717) is 28.3 Å². The molecule has 0 unspecified atom stereocenters. The summed E-state index contributed by atoms with van der Waals surface area (Å²) in [5.74, 6) is 1.30. The van der Waals surface area contributed by atoms with E-state index in [1.165, 1.54) is 22.6 Å². The molecule has 6 aromatic carbocycles. The van der Waals surface area contributed by atoms with Gasteiger partial charge in [0.1, 0.15) is 34.7 Å². The first kappa shape index (κ1) is 30.7. The Morgan fingerprint density at radius 1 is 0.740 bits per heavy atom. The Morgan fingerprint density at radius 2 is 1.48 bits per heavy atom. The van der Waals surface area contributed by atoms with Gasteiger partial charge in [-0.3, -0.25) is 0 Å². The smallest absolute Gasteiger partial charge is 0.206 e. The fourth-order valence-corrected chi connectivity index (χ4v) is 8.66. The summed E-state index contributed by atoms with van der Waals surface area (Å²) in [7, 11) is -0.784. The Labute approximate surface area is 290 Å². The van der Waals surface area contributed by atoms with Crippen LogP contribution in [-0.2, 0) is 23.0 Å². The number of nitrogens with zero attached hydrogens (tertiary/aromatic N) is 4. The van der Waals surface area contributed by atoms with Gasteiger partial charge in [0.05, 0.1) is 16.3 Å². The molecule has 6 aromatic rings. The second-order valence-electron chi connectivity index (χ2n) is 13.5. The lowest BCUT2D eigenvalue weighted by Gasteiger charge is -2.26. The largest absolute Gasteiger partial charge is 0.744 e. The first-order chi connectivity index (χ1) is 24.2. The molecule has 0 saturated carbocycles. The summed E-state index contributed by atoms with van der Waals surface area (Å²) in [5, 5.41) is 15.0. The molecule has 0 atom stereocenters. The van der Waals surface area contributed by atoms with E-state index in [0.717, 1.165) is 82.5 Å². The third kappa shape index (κ3) is 4.99. The number of anilines is 1. The van der Waals surface area contributed by atoms with Crippen molar-refractivity contribution in [3.8, 4) is 11.5 Å². The van der Waals surface area contributed by atoms with Crippen LogP contribution in [0, 0.1) is 0 Å². The van der Waals surface area contributed by atoms with Crippen molar-refractivity contribution in [2.45, 2.75) is 30.6 Å². The Bertz CT molecular complexity index is 2680. The molecule has 50 heavy (non-hydrogen) atoms. The second-order valence-corrected chi connectivity index (χ2v) is 14.8. The van der Waals surface area contributed by atoms with Crippen LogP contribution in [0.1, 0.15) is 35.1 Å². The maximum absolute atomic E-state index is 12.6. The molecule has 0 aromatic heterocycles. The second kappa shape index (κ2) is 11.6. The van der Waals surface area contributed by atoms with Gasteiger partial charge in [-0.05, 0) is 90.3 Å². The van der Waals surface area contributed by atoms with Crippen LogP contribution < -0.4 is 24.8 Å². The van der Waals surface area contributed by atoms with Gasteiger partial charge in [-0.2, -0.15) is 10.2 Å². The van der Waals surface area contributed by atoms with Crippen molar-refractivity contribution in [1.29, 1.82) is 0 Å². The van der Waals surface area contributed by atoms with Gasteiger partial charge < -0.3 is 14.2 Å². The van der Waals surface area contributed by atoms with Gasteiger partial charge in [-0.15, -0.1) is 0 Å². The molecular weight excluding hydrogens is 645 g/mol. The molecule has 3 aliphatic rings. The predicted molar refractivity (Wildman–Crippen MR) is 196 cm³/mol. The van der Waals surface area contributed by atoms with Crippen LogP contribution in [0.2, 0.25) is 0 Å². The van der Waals surface area contributed by atoms with Crippen molar-refractivity contribution in [3.05, 3.63) is 130 Å². The zero-order chi connectivity index (χ0) is 34.1. The maximum atomic E-state index is 12.6. The van der Waals surface area contributed by atoms with Crippen molar-refractivity contribution in [2.75, 3.05) is 32.1 Å². The molecule has 0 aliphatic carbocycles. The van der Waals surface area contributed by atoms with E-state index in [1.54, 1.807) is 18.2 Å². The highest BCUT2D eigenvalue weighted by molar-refractivity contribution is 7.85. The summed E-state index contributed by atoms with van der Waals surface area (Å²) in [6.07, 6.45) is 4.21. The normalized spacial score (nSPS) is 15.2. The van der Waals surface area contributed by atoms with Gasteiger partial charge in [0.15, 0.2) is 0 Å². The van der Waals surface area contributed by atoms with Crippen molar-refractivity contribution in [2.24, 2.45) is 10.2 Å². The highest BCUT2D eigenvalue weighted by Crippen LogP contribution is 2.45. The van der Waals surface area contributed by atoms with Crippen LogP contribution in [-0.4, -0.2) is 40.2 Å². The lowest BCUT2D eigenvalue weighted by molar-refractivity contribution is 0.462. The summed E-state index contributed by atoms with van der Waals surface area (Å²) in [5.41, 5.74) is 6.97. The Balaban J connectivity index is 1.27. The molecular formula is C41H34N4O4S. The molecule has 3 aliphatic heterocycles. The quantitative estimate of drug-likeness (QED) is 0.110. The first-order valence-corrected chi connectivity index (χ1v) is 18.4. The minimum absolute atomic E-state index is 0.250. The third-order valence-corrected chi connectivity index (χ3v) is 11.1. The van der Waals surface area contributed by atoms with E-state index in [1.807, 2.05) is 79.7 Å². The molecule has 8 nitrogen and oxygen atoms in total. The topological polar surface area (TPSA) is 97.4 Å². The monoisotopic (exact) mass is 678 g/mol. The van der Waals surface area contributed by atoms with Crippen molar-refractivity contribution in [1.82, 2.24) is 4.58 Å². The number of hydrogen-bond donors (Lipinski definition) is 0. The molecule has 9 heteroatoms. The highest BCUT2D eigenvalue weighted by Gasteiger charge is 2.30. The van der Waals surface area contributed by atoms with E-state index in [4.69, 9.17) is 4.74 Å². The lowest BCUT2D eigenvalue weighted by Crippen LogP contribution is -2.43. The summed E-state index contributed by atoms with van der Waals surface area (Å²) in [6, 6.07) is 30.6. The van der Waals surface area contributed by atoms with Gasteiger partial charge >= 0.3 is 0 Å². The number of benzene rings is 6.